The molecule has 4 nitrogen and oxygen atoms in total. The van der Waals surface area contributed by atoms with Gasteiger partial charge in [-0.25, -0.2) is 0 Å². The van der Waals surface area contributed by atoms with Crippen LogP contribution in [0.5, 0.6) is 0 Å². The molecule has 1 saturated heterocycles. The molecule has 1 heterocycles. The first kappa shape index (κ1) is 15.5. The molecule has 0 saturated carbocycles. The maximum atomic E-state index is 13.0. The zero-order chi connectivity index (χ0) is 15.8. The second-order valence-corrected chi connectivity index (χ2v) is 5.02. The number of benzene rings is 1. The molecule has 1 aromatic carbocycles. The minimum absolute atomic E-state index is 0.0339. The minimum atomic E-state index is -4.46. The molecule has 7 heteroatoms. The van der Waals surface area contributed by atoms with Crippen molar-refractivity contribution >= 4 is 11.8 Å². The first-order valence-electron chi connectivity index (χ1n) is 6.44. The van der Waals surface area contributed by atoms with E-state index in [1.165, 1.54) is 25.2 Å². The van der Waals surface area contributed by atoms with Gasteiger partial charge in [-0.3, -0.25) is 19.8 Å². The second kappa shape index (κ2) is 5.48. The molecule has 0 spiro atoms. The van der Waals surface area contributed by atoms with Gasteiger partial charge < -0.3 is 0 Å². The van der Waals surface area contributed by atoms with E-state index in [0.29, 0.717) is 0 Å². The van der Waals surface area contributed by atoms with E-state index < -0.39 is 29.7 Å². The molecule has 2 amide bonds. The Kier molecular flexibility index (Phi) is 4.04. The van der Waals surface area contributed by atoms with Crippen LogP contribution in [0.25, 0.3) is 0 Å². The summed E-state index contributed by atoms with van der Waals surface area (Å²) in [6.45, 7) is 1.54. The molecule has 0 bridgehead atoms. The number of hydrogen-bond donors (Lipinski definition) is 1. The van der Waals surface area contributed by atoms with E-state index in [9.17, 15) is 22.8 Å². The molecule has 2 atom stereocenters. The smallest absolute Gasteiger partial charge is 0.299 e. The fourth-order valence-corrected chi connectivity index (χ4v) is 2.41. The molecule has 1 aliphatic rings. The Bertz CT molecular complexity index is 572. The van der Waals surface area contributed by atoms with Crippen molar-refractivity contribution in [1.82, 2.24) is 10.2 Å². The molecule has 2 unspecified atom stereocenters. The Morgan fingerprint density at radius 2 is 1.90 bits per heavy atom. The molecule has 2 rings (SSSR count). The van der Waals surface area contributed by atoms with Gasteiger partial charge in [0, 0.05) is 13.1 Å². The summed E-state index contributed by atoms with van der Waals surface area (Å²) in [6.07, 6.45) is -4.49. The Labute approximate surface area is 119 Å². The minimum Gasteiger partial charge on any atom is -0.299 e. The van der Waals surface area contributed by atoms with Gasteiger partial charge >= 0.3 is 6.18 Å². The van der Waals surface area contributed by atoms with Crippen LogP contribution in [-0.4, -0.2) is 29.8 Å². The van der Waals surface area contributed by atoms with Crippen molar-refractivity contribution in [1.29, 1.82) is 0 Å². The summed E-state index contributed by atoms with van der Waals surface area (Å²) < 4.78 is 38.9. The van der Waals surface area contributed by atoms with Crippen LogP contribution in [-0.2, 0) is 15.8 Å². The first-order valence-corrected chi connectivity index (χ1v) is 6.44. The molecule has 1 fully saturated rings. The third kappa shape index (κ3) is 3.07. The van der Waals surface area contributed by atoms with E-state index in [2.05, 4.69) is 5.32 Å². The molecule has 0 aromatic heterocycles. The number of halogens is 3. The Morgan fingerprint density at radius 1 is 1.29 bits per heavy atom. The van der Waals surface area contributed by atoms with Gasteiger partial charge in [-0.2, -0.15) is 13.2 Å². The number of carbonyl (C=O) groups excluding carboxylic acids is 2. The van der Waals surface area contributed by atoms with Crippen molar-refractivity contribution in [2.24, 2.45) is 0 Å². The Hall–Kier alpha value is -1.89. The predicted octanol–water partition coefficient (Wildman–Crippen LogP) is 2.11. The largest absolute Gasteiger partial charge is 0.416 e. The average Bonchev–Trinajstić information content (AvgIpc) is 2.65. The van der Waals surface area contributed by atoms with Gasteiger partial charge in [0.25, 0.3) is 0 Å². The third-order valence-electron chi connectivity index (χ3n) is 3.57. The number of likely N-dealkylation sites (tertiary alicyclic amines) is 1. The number of nitrogens with zero attached hydrogens (tertiary/aromatic N) is 1. The van der Waals surface area contributed by atoms with Crippen molar-refractivity contribution in [2.75, 3.05) is 7.05 Å². The topological polar surface area (TPSA) is 49.4 Å². The van der Waals surface area contributed by atoms with Crippen LogP contribution in [0.15, 0.2) is 24.3 Å². The maximum Gasteiger partial charge on any atom is 0.416 e. The monoisotopic (exact) mass is 300 g/mol. The van der Waals surface area contributed by atoms with Crippen molar-refractivity contribution < 1.29 is 22.8 Å². The number of amides is 2. The zero-order valence-electron chi connectivity index (χ0n) is 11.6. The number of alkyl halides is 3. The van der Waals surface area contributed by atoms with Gasteiger partial charge in [0.2, 0.25) is 11.8 Å². The van der Waals surface area contributed by atoms with Crippen LogP contribution in [0, 0.1) is 0 Å². The van der Waals surface area contributed by atoms with Gasteiger partial charge in [0.05, 0.1) is 18.0 Å². The van der Waals surface area contributed by atoms with E-state index >= 15 is 0 Å². The molecule has 1 aromatic rings. The molecular formula is C14H15F3N2O2. The van der Waals surface area contributed by atoms with Gasteiger partial charge in [-0.1, -0.05) is 18.2 Å². The van der Waals surface area contributed by atoms with Crippen LogP contribution >= 0.6 is 0 Å². The number of imide groups is 1. The van der Waals surface area contributed by atoms with Crippen molar-refractivity contribution in [3.63, 3.8) is 0 Å². The highest BCUT2D eigenvalue weighted by molar-refractivity contribution is 6.05. The van der Waals surface area contributed by atoms with Crippen LogP contribution in [0.3, 0.4) is 0 Å². The number of carbonyl (C=O) groups is 2. The van der Waals surface area contributed by atoms with E-state index in [4.69, 9.17) is 0 Å². The van der Waals surface area contributed by atoms with Crippen molar-refractivity contribution in [2.45, 2.75) is 31.6 Å². The summed E-state index contributed by atoms with van der Waals surface area (Å²) in [4.78, 5) is 24.2. The van der Waals surface area contributed by atoms with E-state index in [1.807, 2.05) is 0 Å². The van der Waals surface area contributed by atoms with E-state index in [0.717, 1.165) is 11.0 Å². The maximum absolute atomic E-state index is 13.0. The summed E-state index contributed by atoms with van der Waals surface area (Å²) >= 11 is 0. The van der Waals surface area contributed by atoms with Gasteiger partial charge in [-0.05, 0) is 18.6 Å². The van der Waals surface area contributed by atoms with E-state index in [-0.39, 0.29) is 17.9 Å². The summed E-state index contributed by atoms with van der Waals surface area (Å²) in [5.74, 6) is -0.759. The highest BCUT2D eigenvalue weighted by atomic mass is 19.4. The number of hydrogen-bond acceptors (Lipinski definition) is 3. The fraction of sp³-hybridized carbons (Fsp3) is 0.429. The third-order valence-corrected chi connectivity index (χ3v) is 3.57. The molecule has 1 N–H and O–H groups in total. The van der Waals surface area contributed by atoms with Crippen LogP contribution in [0.4, 0.5) is 13.2 Å². The van der Waals surface area contributed by atoms with Gasteiger partial charge in [0.1, 0.15) is 0 Å². The van der Waals surface area contributed by atoms with Crippen LogP contribution in [0.2, 0.25) is 0 Å². The second-order valence-electron chi connectivity index (χ2n) is 5.02. The molecule has 21 heavy (non-hydrogen) atoms. The number of likely N-dealkylation sites (N-methyl/N-ethyl adjacent to an activating group) is 1. The number of nitrogens with one attached hydrogen (secondary N) is 1. The standard InChI is InChI=1S/C14H15F3N2O2/c1-8(18-11-7-12(20)19(2)13(11)21)9-5-3-4-6-10(9)14(15,16)17/h3-6,8,11,18H,7H2,1-2H3. The summed E-state index contributed by atoms with van der Waals surface area (Å²) in [7, 11) is 1.36. The van der Waals surface area contributed by atoms with Crippen molar-refractivity contribution in [3.05, 3.63) is 35.4 Å². The Morgan fingerprint density at radius 3 is 2.43 bits per heavy atom. The fourth-order valence-electron chi connectivity index (χ4n) is 2.41. The molecular weight excluding hydrogens is 285 g/mol. The average molecular weight is 300 g/mol. The first-order chi connectivity index (χ1) is 9.71. The lowest BCUT2D eigenvalue weighted by atomic mass is 10.00. The lowest BCUT2D eigenvalue weighted by molar-refractivity contribution is -0.138. The van der Waals surface area contributed by atoms with E-state index in [1.54, 1.807) is 6.92 Å². The van der Waals surface area contributed by atoms with Gasteiger partial charge in [-0.15, -0.1) is 0 Å². The molecule has 114 valence electrons. The molecule has 0 aliphatic carbocycles. The lowest BCUT2D eigenvalue weighted by Gasteiger charge is -2.21. The summed E-state index contributed by atoms with van der Waals surface area (Å²) in [6, 6.07) is 3.72. The lowest BCUT2D eigenvalue weighted by Crippen LogP contribution is -2.38. The van der Waals surface area contributed by atoms with Gasteiger partial charge in [0.15, 0.2) is 0 Å². The van der Waals surface area contributed by atoms with Crippen LogP contribution < -0.4 is 5.32 Å². The SMILES string of the molecule is CC(NC1CC(=O)N(C)C1=O)c1ccccc1C(F)(F)F. The molecule has 1 aliphatic heterocycles. The summed E-state index contributed by atoms with van der Waals surface area (Å²) in [5, 5.41) is 2.81. The van der Waals surface area contributed by atoms with Crippen molar-refractivity contribution in [3.8, 4) is 0 Å². The number of rotatable bonds is 3. The van der Waals surface area contributed by atoms with Crippen LogP contribution in [0.1, 0.15) is 30.5 Å². The highest BCUT2D eigenvalue weighted by Crippen LogP contribution is 2.34. The Balaban J connectivity index is 2.20. The quantitative estimate of drug-likeness (QED) is 0.870. The highest BCUT2D eigenvalue weighted by Gasteiger charge is 2.38. The zero-order valence-corrected chi connectivity index (χ0v) is 11.6. The molecule has 0 radical (unpaired) electrons. The predicted molar refractivity (Wildman–Crippen MR) is 69.2 cm³/mol. The summed E-state index contributed by atoms with van der Waals surface area (Å²) in [5.41, 5.74) is -0.685. The normalized spacial score (nSPS) is 21.0.